The maximum absolute atomic E-state index is 12.1. The van der Waals surface area contributed by atoms with Gasteiger partial charge in [-0.05, 0) is 38.1 Å². The lowest BCUT2D eigenvalue weighted by atomic mass is 10.3. The second-order valence-corrected chi connectivity index (χ2v) is 5.79. The first-order valence-electron chi connectivity index (χ1n) is 5.57. The van der Waals surface area contributed by atoms with Crippen molar-refractivity contribution in [3.8, 4) is 0 Å². The SMILES string of the molecule is Cc1ccc(NS(=O)(=O)c2ccc(N)nc2)c(C)n1. The summed E-state index contributed by atoms with van der Waals surface area (Å²) in [6.07, 6.45) is 1.22. The second kappa shape index (κ2) is 4.85. The molecule has 0 amide bonds. The number of sulfonamides is 1. The first-order chi connectivity index (χ1) is 8.88. The minimum Gasteiger partial charge on any atom is -0.384 e. The van der Waals surface area contributed by atoms with E-state index in [1.807, 2.05) is 6.92 Å². The molecular weight excluding hydrogens is 264 g/mol. The van der Waals surface area contributed by atoms with E-state index in [1.165, 1.54) is 18.3 Å². The highest BCUT2D eigenvalue weighted by Crippen LogP contribution is 2.18. The van der Waals surface area contributed by atoms with Crippen molar-refractivity contribution in [2.75, 3.05) is 10.5 Å². The molecular formula is C12H14N4O2S. The average Bonchev–Trinajstić information content (AvgIpc) is 2.33. The van der Waals surface area contributed by atoms with Crippen molar-refractivity contribution in [2.45, 2.75) is 18.7 Å². The lowest BCUT2D eigenvalue weighted by molar-refractivity contribution is 0.601. The van der Waals surface area contributed by atoms with Crippen LogP contribution >= 0.6 is 0 Å². The predicted molar refractivity (Wildman–Crippen MR) is 73.2 cm³/mol. The van der Waals surface area contributed by atoms with Crippen LogP contribution in [-0.2, 0) is 10.0 Å². The number of rotatable bonds is 3. The van der Waals surface area contributed by atoms with Gasteiger partial charge < -0.3 is 5.73 Å². The number of aromatic nitrogens is 2. The molecule has 0 aliphatic carbocycles. The zero-order valence-corrected chi connectivity index (χ0v) is 11.4. The predicted octanol–water partition coefficient (Wildman–Crippen LogP) is 1.48. The number of nitrogen functional groups attached to an aromatic ring is 1. The number of aryl methyl sites for hydroxylation is 2. The Kier molecular flexibility index (Phi) is 3.39. The summed E-state index contributed by atoms with van der Waals surface area (Å²) >= 11 is 0. The lowest BCUT2D eigenvalue weighted by Crippen LogP contribution is -2.14. The summed E-state index contributed by atoms with van der Waals surface area (Å²) in [5, 5.41) is 0. The summed E-state index contributed by atoms with van der Waals surface area (Å²) in [6.45, 7) is 3.58. The molecule has 0 radical (unpaired) electrons. The number of hydrogen-bond donors (Lipinski definition) is 2. The van der Waals surface area contributed by atoms with E-state index in [0.29, 0.717) is 11.4 Å². The van der Waals surface area contributed by atoms with E-state index >= 15 is 0 Å². The normalized spacial score (nSPS) is 11.3. The molecule has 2 heterocycles. The third-order valence-electron chi connectivity index (χ3n) is 2.54. The fourth-order valence-corrected chi connectivity index (χ4v) is 2.61. The second-order valence-electron chi connectivity index (χ2n) is 4.11. The van der Waals surface area contributed by atoms with Crippen LogP contribution in [0.1, 0.15) is 11.4 Å². The smallest absolute Gasteiger partial charge is 0.263 e. The molecule has 0 fully saturated rings. The van der Waals surface area contributed by atoms with Gasteiger partial charge in [-0.25, -0.2) is 13.4 Å². The van der Waals surface area contributed by atoms with Crippen LogP contribution in [0.15, 0.2) is 35.4 Å². The number of nitrogens with two attached hydrogens (primary N) is 1. The summed E-state index contributed by atoms with van der Waals surface area (Å²) in [4.78, 5) is 8.03. The van der Waals surface area contributed by atoms with E-state index in [2.05, 4.69) is 14.7 Å². The number of pyridine rings is 2. The fraction of sp³-hybridized carbons (Fsp3) is 0.167. The highest BCUT2D eigenvalue weighted by atomic mass is 32.2. The average molecular weight is 278 g/mol. The van der Waals surface area contributed by atoms with Crippen LogP contribution in [0.5, 0.6) is 0 Å². The van der Waals surface area contributed by atoms with Gasteiger partial charge in [0.05, 0.1) is 11.4 Å². The zero-order valence-electron chi connectivity index (χ0n) is 10.6. The fourth-order valence-electron chi connectivity index (χ4n) is 1.55. The summed E-state index contributed by atoms with van der Waals surface area (Å²) in [6, 6.07) is 6.27. The molecule has 0 aliphatic rings. The van der Waals surface area contributed by atoms with E-state index in [-0.39, 0.29) is 10.7 Å². The van der Waals surface area contributed by atoms with Gasteiger partial charge in [-0.3, -0.25) is 9.71 Å². The molecule has 0 saturated carbocycles. The molecule has 2 rings (SSSR count). The van der Waals surface area contributed by atoms with Crippen LogP contribution in [0.3, 0.4) is 0 Å². The quantitative estimate of drug-likeness (QED) is 0.886. The van der Waals surface area contributed by atoms with Crippen molar-refractivity contribution in [2.24, 2.45) is 0 Å². The minimum atomic E-state index is -3.67. The first-order valence-corrected chi connectivity index (χ1v) is 7.05. The standard InChI is InChI=1S/C12H14N4O2S/c1-8-3-5-11(9(2)15-8)16-19(17,18)10-4-6-12(13)14-7-10/h3-7,16H,1-2H3,(H2,13,14). The van der Waals surface area contributed by atoms with Crippen molar-refractivity contribution in [3.05, 3.63) is 41.9 Å². The Morgan fingerprint density at radius 2 is 1.89 bits per heavy atom. The van der Waals surface area contributed by atoms with Gasteiger partial charge in [0, 0.05) is 11.9 Å². The maximum atomic E-state index is 12.1. The van der Waals surface area contributed by atoms with Crippen LogP contribution in [0, 0.1) is 13.8 Å². The van der Waals surface area contributed by atoms with Gasteiger partial charge in [-0.2, -0.15) is 0 Å². The van der Waals surface area contributed by atoms with E-state index in [0.717, 1.165) is 5.69 Å². The molecule has 100 valence electrons. The Labute approximate surface area is 111 Å². The van der Waals surface area contributed by atoms with Crippen molar-refractivity contribution in [1.82, 2.24) is 9.97 Å². The van der Waals surface area contributed by atoms with Crippen molar-refractivity contribution in [1.29, 1.82) is 0 Å². The van der Waals surface area contributed by atoms with Crippen LogP contribution in [0.25, 0.3) is 0 Å². The molecule has 7 heteroatoms. The molecule has 0 spiro atoms. The van der Waals surface area contributed by atoms with Gasteiger partial charge in [0.25, 0.3) is 10.0 Å². The van der Waals surface area contributed by atoms with Gasteiger partial charge in [0.2, 0.25) is 0 Å². The summed E-state index contributed by atoms with van der Waals surface area (Å²) in [7, 11) is -3.67. The van der Waals surface area contributed by atoms with Gasteiger partial charge in [0.15, 0.2) is 0 Å². The van der Waals surface area contributed by atoms with E-state index in [9.17, 15) is 8.42 Å². The van der Waals surface area contributed by atoms with Crippen LogP contribution in [0.2, 0.25) is 0 Å². The molecule has 6 nitrogen and oxygen atoms in total. The number of nitrogens with one attached hydrogen (secondary N) is 1. The third kappa shape index (κ3) is 3.00. The summed E-state index contributed by atoms with van der Waals surface area (Å²) in [5.41, 5.74) is 7.32. The Balaban J connectivity index is 2.33. The van der Waals surface area contributed by atoms with Crippen molar-refractivity contribution in [3.63, 3.8) is 0 Å². The first kappa shape index (κ1) is 13.3. The van der Waals surface area contributed by atoms with Crippen LogP contribution < -0.4 is 10.5 Å². The summed E-state index contributed by atoms with van der Waals surface area (Å²) < 4.78 is 26.7. The van der Waals surface area contributed by atoms with Crippen molar-refractivity contribution < 1.29 is 8.42 Å². The molecule has 2 aromatic rings. The van der Waals surface area contributed by atoms with Gasteiger partial charge in [-0.1, -0.05) is 0 Å². The lowest BCUT2D eigenvalue weighted by Gasteiger charge is -2.10. The van der Waals surface area contributed by atoms with Crippen LogP contribution in [-0.4, -0.2) is 18.4 Å². The number of anilines is 2. The molecule has 0 unspecified atom stereocenters. The molecule has 0 aliphatic heterocycles. The van der Waals surface area contributed by atoms with E-state index in [1.54, 1.807) is 19.1 Å². The van der Waals surface area contributed by atoms with E-state index < -0.39 is 10.0 Å². The van der Waals surface area contributed by atoms with Crippen LogP contribution in [0.4, 0.5) is 11.5 Å². The highest BCUT2D eigenvalue weighted by Gasteiger charge is 2.15. The van der Waals surface area contributed by atoms with E-state index in [4.69, 9.17) is 5.73 Å². The van der Waals surface area contributed by atoms with Gasteiger partial charge in [0.1, 0.15) is 10.7 Å². The zero-order chi connectivity index (χ0) is 14.0. The molecule has 0 aromatic carbocycles. The van der Waals surface area contributed by atoms with Gasteiger partial charge >= 0.3 is 0 Å². The van der Waals surface area contributed by atoms with Gasteiger partial charge in [-0.15, -0.1) is 0 Å². The molecule has 19 heavy (non-hydrogen) atoms. The molecule has 3 N–H and O–H groups in total. The maximum Gasteiger partial charge on any atom is 0.263 e. The molecule has 0 atom stereocenters. The Hall–Kier alpha value is -2.15. The molecule has 0 bridgehead atoms. The number of hydrogen-bond acceptors (Lipinski definition) is 5. The topological polar surface area (TPSA) is 98.0 Å². The Morgan fingerprint density at radius 1 is 1.16 bits per heavy atom. The molecule has 2 aromatic heterocycles. The minimum absolute atomic E-state index is 0.0571. The van der Waals surface area contributed by atoms with Crippen molar-refractivity contribution >= 4 is 21.5 Å². The monoisotopic (exact) mass is 278 g/mol. The Bertz CT molecular complexity index is 696. The number of nitrogens with zero attached hydrogens (tertiary/aromatic N) is 2. The molecule has 0 saturated heterocycles. The highest BCUT2D eigenvalue weighted by molar-refractivity contribution is 7.92. The summed E-state index contributed by atoms with van der Waals surface area (Å²) in [5.74, 6) is 0.270. The largest absolute Gasteiger partial charge is 0.384 e. The third-order valence-corrected chi connectivity index (χ3v) is 3.89. The Morgan fingerprint density at radius 3 is 2.47 bits per heavy atom.